The van der Waals surface area contributed by atoms with Gasteiger partial charge in [0.25, 0.3) is 11.8 Å². The molecule has 1 aliphatic heterocycles. The molecule has 1 atom stereocenters. The minimum absolute atomic E-state index is 0.168. The first-order valence-corrected chi connectivity index (χ1v) is 8.48. The molecule has 1 saturated heterocycles. The number of benzene rings is 1. The van der Waals surface area contributed by atoms with E-state index >= 15 is 0 Å². The van der Waals surface area contributed by atoms with E-state index < -0.39 is 30.3 Å². The van der Waals surface area contributed by atoms with Gasteiger partial charge in [-0.1, -0.05) is 36.1 Å². The van der Waals surface area contributed by atoms with Crippen molar-refractivity contribution in [3.05, 3.63) is 40.3 Å². The van der Waals surface area contributed by atoms with Crippen LogP contribution in [0.15, 0.2) is 29.2 Å². The Morgan fingerprint density at radius 3 is 2.35 bits per heavy atom. The maximum atomic E-state index is 12.1. The average Bonchev–Trinajstić information content (AvgIpc) is 2.81. The highest BCUT2D eigenvalue weighted by Crippen LogP contribution is 2.31. The summed E-state index contributed by atoms with van der Waals surface area (Å²) in [6.45, 7) is 0. The third-order valence-corrected chi connectivity index (χ3v) is 4.92. The Balaban J connectivity index is 2.10. The Kier molecular flexibility index (Phi) is 6.11. The average molecular weight is 394 g/mol. The molecule has 0 saturated carbocycles. The number of thioether (sulfide) groups is 1. The molecule has 0 aromatic heterocycles. The van der Waals surface area contributed by atoms with E-state index in [1.54, 1.807) is 25.3 Å². The van der Waals surface area contributed by atoms with Crippen LogP contribution in [0.4, 0.5) is 0 Å². The summed E-state index contributed by atoms with van der Waals surface area (Å²) in [5.41, 5.74) is 0.831. The van der Waals surface area contributed by atoms with Crippen LogP contribution < -0.4 is 5.32 Å². The lowest BCUT2D eigenvalue weighted by molar-refractivity contribution is -0.145. The number of hydrogen-bond donors (Lipinski definition) is 3. The van der Waals surface area contributed by atoms with E-state index in [9.17, 15) is 19.2 Å². The minimum atomic E-state index is -1.52. The normalized spacial score (nSPS) is 16.7. The van der Waals surface area contributed by atoms with Crippen molar-refractivity contribution in [2.24, 2.45) is 0 Å². The summed E-state index contributed by atoms with van der Waals surface area (Å²) in [7, 11) is 1.59. The first kappa shape index (κ1) is 19.6. The van der Waals surface area contributed by atoms with Gasteiger partial charge in [0.15, 0.2) is 0 Å². The van der Waals surface area contributed by atoms with E-state index in [1.807, 2.05) is 0 Å². The van der Waals surface area contributed by atoms with Crippen molar-refractivity contribution >= 4 is 58.1 Å². The van der Waals surface area contributed by atoms with Crippen LogP contribution in [0.5, 0.6) is 0 Å². The topological polar surface area (TPSA) is 124 Å². The smallest absolute Gasteiger partial charge is 0.326 e. The van der Waals surface area contributed by atoms with Crippen molar-refractivity contribution in [2.45, 2.75) is 12.5 Å². The van der Waals surface area contributed by atoms with Gasteiger partial charge >= 0.3 is 11.9 Å². The predicted octanol–water partition coefficient (Wildman–Crippen LogP) is 1.18. The summed E-state index contributed by atoms with van der Waals surface area (Å²) >= 11 is 6.22. The van der Waals surface area contributed by atoms with E-state index in [4.69, 9.17) is 22.4 Å². The van der Waals surface area contributed by atoms with Crippen LogP contribution in [-0.2, 0) is 14.4 Å². The van der Waals surface area contributed by atoms with E-state index in [1.165, 1.54) is 28.8 Å². The molecule has 1 aromatic rings. The number of amides is 2. The third kappa shape index (κ3) is 4.67. The standard InChI is InChI=1S/C16H14N2O6S2/c1-18-14(22)11(26-16(18)25)6-8-2-4-9(5-3-8)13(21)17-10(15(23)24)7-12(19)20/h2-6,10H,7H2,1H3,(H,17,21)(H,19,20)(H,23,24)/b11-6+. The number of hydrogen-bond acceptors (Lipinski definition) is 6. The SMILES string of the molecule is CN1C(=O)/C(=C\c2ccc(C(=O)NC(CC(=O)O)C(=O)O)cc2)SC1=S. The van der Waals surface area contributed by atoms with E-state index in [0.29, 0.717) is 14.8 Å². The molecular weight excluding hydrogens is 380 g/mol. The van der Waals surface area contributed by atoms with Gasteiger partial charge in [0.1, 0.15) is 10.4 Å². The number of carboxylic acids is 2. The largest absolute Gasteiger partial charge is 0.481 e. The summed E-state index contributed by atoms with van der Waals surface area (Å²) in [6.07, 6.45) is 0.910. The zero-order valence-corrected chi connectivity index (χ0v) is 15.1. The molecule has 136 valence electrons. The molecule has 0 spiro atoms. The summed E-state index contributed by atoms with van der Waals surface area (Å²) < 4.78 is 0.454. The number of carbonyl (C=O) groups is 4. The van der Waals surface area contributed by atoms with Crippen molar-refractivity contribution in [3.8, 4) is 0 Å². The van der Waals surface area contributed by atoms with Crippen LogP contribution in [0, 0.1) is 0 Å². The van der Waals surface area contributed by atoms with Crippen molar-refractivity contribution in [2.75, 3.05) is 7.05 Å². The number of nitrogens with one attached hydrogen (secondary N) is 1. The second-order valence-corrected chi connectivity index (χ2v) is 7.00. The van der Waals surface area contributed by atoms with Crippen LogP contribution in [0.3, 0.4) is 0 Å². The molecule has 26 heavy (non-hydrogen) atoms. The van der Waals surface area contributed by atoms with Crippen LogP contribution in [0.25, 0.3) is 6.08 Å². The fourth-order valence-corrected chi connectivity index (χ4v) is 3.22. The lowest BCUT2D eigenvalue weighted by Gasteiger charge is -2.12. The van der Waals surface area contributed by atoms with Gasteiger partial charge < -0.3 is 15.5 Å². The van der Waals surface area contributed by atoms with Crippen LogP contribution in [0.1, 0.15) is 22.3 Å². The maximum absolute atomic E-state index is 12.1. The lowest BCUT2D eigenvalue weighted by atomic mass is 10.1. The number of aliphatic carboxylic acids is 2. The molecule has 0 bridgehead atoms. The quantitative estimate of drug-likeness (QED) is 0.485. The van der Waals surface area contributed by atoms with Crippen molar-refractivity contribution in [1.29, 1.82) is 0 Å². The molecule has 0 aliphatic carbocycles. The fraction of sp³-hybridized carbons (Fsp3) is 0.188. The Bertz CT molecular complexity index is 819. The van der Waals surface area contributed by atoms with Gasteiger partial charge in [-0.15, -0.1) is 0 Å². The fourth-order valence-electron chi connectivity index (χ4n) is 2.04. The van der Waals surface area contributed by atoms with Gasteiger partial charge in [-0.2, -0.15) is 0 Å². The molecule has 1 aliphatic rings. The number of nitrogens with zero attached hydrogens (tertiary/aromatic N) is 1. The summed E-state index contributed by atoms with van der Waals surface area (Å²) in [6, 6.07) is 4.56. The van der Waals surface area contributed by atoms with Gasteiger partial charge in [0.05, 0.1) is 11.3 Å². The highest BCUT2D eigenvalue weighted by molar-refractivity contribution is 8.26. The lowest BCUT2D eigenvalue weighted by Crippen LogP contribution is -2.42. The highest BCUT2D eigenvalue weighted by atomic mass is 32.2. The number of likely N-dealkylation sites (N-methyl/N-ethyl adjacent to an activating group) is 1. The van der Waals surface area contributed by atoms with Crippen molar-refractivity contribution in [3.63, 3.8) is 0 Å². The first-order valence-electron chi connectivity index (χ1n) is 7.26. The van der Waals surface area contributed by atoms with Gasteiger partial charge in [-0.3, -0.25) is 19.3 Å². The number of carbonyl (C=O) groups excluding carboxylic acids is 2. The summed E-state index contributed by atoms with van der Waals surface area (Å²) in [5.74, 6) is -3.68. The molecule has 10 heteroatoms. The van der Waals surface area contributed by atoms with Gasteiger partial charge in [0.2, 0.25) is 0 Å². The maximum Gasteiger partial charge on any atom is 0.326 e. The molecule has 2 amide bonds. The highest BCUT2D eigenvalue weighted by Gasteiger charge is 2.28. The molecule has 1 aromatic carbocycles. The van der Waals surface area contributed by atoms with Gasteiger partial charge in [-0.25, -0.2) is 4.79 Å². The monoisotopic (exact) mass is 394 g/mol. The molecule has 1 fully saturated rings. The van der Waals surface area contributed by atoms with Crippen LogP contribution in [-0.4, -0.2) is 56.3 Å². The molecule has 1 heterocycles. The van der Waals surface area contributed by atoms with Crippen molar-refractivity contribution in [1.82, 2.24) is 10.2 Å². The Morgan fingerprint density at radius 2 is 1.88 bits per heavy atom. The van der Waals surface area contributed by atoms with Crippen LogP contribution in [0.2, 0.25) is 0 Å². The Morgan fingerprint density at radius 1 is 1.27 bits per heavy atom. The van der Waals surface area contributed by atoms with E-state index in [2.05, 4.69) is 5.32 Å². The van der Waals surface area contributed by atoms with E-state index in [-0.39, 0.29) is 11.5 Å². The third-order valence-electron chi connectivity index (χ3n) is 3.44. The second kappa shape index (κ2) is 8.11. The molecule has 3 N–H and O–H groups in total. The van der Waals surface area contributed by atoms with Crippen LogP contribution >= 0.6 is 24.0 Å². The minimum Gasteiger partial charge on any atom is -0.481 e. The van der Waals surface area contributed by atoms with Gasteiger partial charge in [0, 0.05) is 12.6 Å². The predicted molar refractivity (Wildman–Crippen MR) is 98.5 cm³/mol. The first-order chi connectivity index (χ1) is 12.2. The Labute approximate surface area is 157 Å². The Hall–Kier alpha value is -2.72. The van der Waals surface area contributed by atoms with E-state index in [0.717, 1.165) is 0 Å². The number of carboxylic acid groups (broad SMARTS) is 2. The second-order valence-electron chi connectivity index (χ2n) is 5.32. The zero-order valence-electron chi connectivity index (χ0n) is 13.5. The molecule has 8 nitrogen and oxygen atoms in total. The van der Waals surface area contributed by atoms with Gasteiger partial charge in [-0.05, 0) is 23.8 Å². The molecule has 1 unspecified atom stereocenters. The summed E-state index contributed by atoms with van der Waals surface area (Å²) in [4.78, 5) is 47.5. The zero-order chi connectivity index (χ0) is 19.4. The van der Waals surface area contributed by atoms with Crippen molar-refractivity contribution < 1.29 is 29.4 Å². The molecule has 2 rings (SSSR count). The molecular formula is C16H14N2O6S2. The molecule has 0 radical (unpaired) electrons. The number of rotatable bonds is 6. The summed E-state index contributed by atoms with van der Waals surface area (Å²) in [5, 5.41) is 19.8. The number of thiocarbonyl (C=S) groups is 1.